The number of halogens is 4. The van der Waals surface area contributed by atoms with Crippen LogP contribution in [0.3, 0.4) is 0 Å². The second-order valence-electron chi connectivity index (χ2n) is 1.72. The smallest absolute Gasteiger partial charge is 0.444 e. The van der Waals surface area contributed by atoms with Gasteiger partial charge in [-0.2, -0.15) is 4.39 Å². The third-order valence-electron chi connectivity index (χ3n) is 0.917. The van der Waals surface area contributed by atoms with Gasteiger partial charge in [0.25, 0.3) is 0 Å². The Hall–Kier alpha value is 1.12. The zero-order valence-corrected chi connectivity index (χ0v) is 9.59. The number of rotatable bonds is 1. The molecule has 0 aliphatic rings. The predicted molar refractivity (Wildman–Crippen MR) is 33.0 cm³/mol. The minimum atomic E-state index is -5.00. The Balaban J connectivity index is 0.000001000. The van der Waals surface area contributed by atoms with Crippen LogP contribution in [0.4, 0.5) is 17.3 Å². The molecule has 0 aliphatic heterocycles. The van der Waals surface area contributed by atoms with E-state index in [-0.39, 0.29) is 62.7 Å². The van der Waals surface area contributed by atoms with Crippen LogP contribution >= 0.6 is 11.3 Å². The molecule has 1 rings (SSSR count). The van der Waals surface area contributed by atoms with Crippen molar-refractivity contribution in [2.45, 2.75) is 0 Å². The molecule has 0 saturated carbocycles. The normalized spacial score (nSPS) is 10.9. The van der Waals surface area contributed by atoms with Crippen LogP contribution in [0.5, 0.6) is 0 Å². The van der Waals surface area contributed by atoms with Gasteiger partial charge in [0.15, 0.2) is 5.13 Å². The first-order valence-corrected chi connectivity index (χ1v) is 3.27. The van der Waals surface area contributed by atoms with Crippen molar-refractivity contribution in [1.82, 2.24) is 0 Å². The first-order chi connectivity index (χ1) is 4.50. The van der Waals surface area contributed by atoms with Gasteiger partial charge in [-0.05, 0) is 6.07 Å². The Bertz CT molecular complexity index is 232. The van der Waals surface area contributed by atoms with Crippen LogP contribution in [0.1, 0.15) is 0 Å². The van der Waals surface area contributed by atoms with Gasteiger partial charge in [0, 0.05) is 0 Å². The summed E-state index contributed by atoms with van der Waals surface area (Å²) >= 11 is 0.131. The first kappa shape index (κ1) is 12.1. The second kappa shape index (κ2) is 4.38. The maximum atomic E-state index is 12.0. The second-order valence-corrected chi connectivity index (χ2v) is 2.78. The summed E-state index contributed by atoms with van der Waals surface area (Å²) in [6.07, 6.45) is 0. The summed E-state index contributed by atoms with van der Waals surface area (Å²) in [5, 5.41) is -0.797. The zero-order valence-electron chi connectivity index (χ0n) is 5.65. The maximum absolute atomic E-state index is 12.0. The molecule has 1 heterocycles. The zero-order chi connectivity index (χ0) is 7.78. The molecule has 1 aromatic rings. The van der Waals surface area contributed by atoms with Gasteiger partial charge >= 0.3 is 58.4 Å². The monoisotopic (exact) mass is 208 g/mol. The summed E-state index contributed by atoms with van der Waals surface area (Å²) in [6.45, 7) is -5.00. The van der Waals surface area contributed by atoms with E-state index in [4.69, 9.17) is 0 Å². The average molecular weight is 208 g/mol. The van der Waals surface area contributed by atoms with E-state index in [1.54, 1.807) is 0 Å². The van der Waals surface area contributed by atoms with Crippen molar-refractivity contribution < 1.29 is 68.7 Å². The molecule has 0 saturated heterocycles. The van der Waals surface area contributed by atoms with E-state index in [9.17, 15) is 17.3 Å². The minimum absolute atomic E-state index is 0. The molecule has 0 nitrogen and oxygen atoms in total. The molecule has 0 unspecified atom stereocenters. The standard InChI is InChI=1S/C4H2BF4S.K/c6-4-2-1-3(10-4)5(7,8)9;/h1-2H;/q-1;+1. The Morgan fingerprint density at radius 3 is 1.91 bits per heavy atom. The van der Waals surface area contributed by atoms with E-state index >= 15 is 0 Å². The van der Waals surface area contributed by atoms with Crippen LogP contribution in [0.15, 0.2) is 12.1 Å². The van der Waals surface area contributed by atoms with Crippen LogP contribution in [0.25, 0.3) is 0 Å². The van der Waals surface area contributed by atoms with E-state index in [2.05, 4.69) is 0 Å². The summed E-state index contributed by atoms with van der Waals surface area (Å²) in [4.78, 5) is 0. The SMILES string of the molecule is Fc1ccc([B-](F)(F)F)s1.[K+]. The quantitative estimate of drug-likeness (QED) is 0.408. The van der Waals surface area contributed by atoms with E-state index in [0.29, 0.717) is 0 Å². The van der Waals surface area contributed by atoms with Gasteiger partial charge in [-0.3, -0.25) is 0 Å². The van der Waals surface area contributed by atoms with Gasteiger partial charge in [0.05, 0.1) is 0 Å². The maximum Gasteiger partial charge on any atom is 1.00 e. The third-order valence-corrected chi connectivity index (χ3v) is 1.89. The topological polar surface area (TPSA) is 0 Å². The molecular formula is C4H2BF4KS. The van der Waals surface area contributed by atoms with Crippen molar-refractivity contribution in [1.29, 1.82) is 0 Å². The van der Waals surface area contributed by atoms with Crippen LogP contribution in [0.2, 0.25) is 0 Å². The molecule has 7 heteroatoms. The molecule has 0 amide bonds. The molecule has 0 aliphatic carbocycles. The minimum Gasteiger partial charge on any atom is -0.444 e. The largest absolute Gasteiger partial charge is 1.00 e. The van der Waals surface area contributed by atoms with E-state index in [0.717, 1.165) is 12.1 Å². The van der Waals surface area contributed by atoms with Crippen LogP contribution in [0, 0.1) is 5.13 Å². The summed E-state index contributed by atoms with van der Waals surface area (Å²) < 4.78 is 46.3. The molecule has 0 fully saturated rings. The van der Waals surface area contributed by atoms with Crippen LogP contribution in [-0.2, 0) is 0 Å². The van der Waals surface area contributed by atoms with Gasteiger partial charge < -0.3 is 12.9 Å². The van der Waals surface area contributed by atoms with E-state index in [1.165, 1.54) is 0 Å². The van der Waals surface area contributed by atoms with Crippen molar-refractivity contribution in [3.8, 4) is 0 Å². The van der Waals surface area contributed by atoms with Crippen LogP contribution < -0.4 is 56.2 Å². The Morgan fingerprint density at radius 2 is 1.73 bits per heavy atom. The molecule has 0 bridgehead atoms. The summed E-state index contributed by atoms with van der Waals surface area (Å²) in [6, 6.07) is 1.56. The molecule has 0 aromatic carbocycles. The first-order valence-electron chi connectivity index (χ1n) is 2.45. The summed E-state index contributed by atoms with van der Waals surface area (Å²) in [5.41, 5.74) is 0. The Labute approximate surface area is 107 Å². The number of hydrogen-bond donors (Lipinski definition) is 0. The fourth-order valence-corrected chi connectivity index (χ4v) is 1.14. The van der Waals surface area contributed by atoms with Gasteiger partial charge in [0.1, 0.15) is 0 Å². The van der Waals surface area contributed by atoms with Crippen molar-refractivity contribution >= 4 is 23.1 Å². The van der Waals surface area contributed by atoms with Crippen molar-refractivity contribution in [2.75, 3.05) is 0 Å². The molecule has 0 spiro atoms. The fourth-order valence-electron chi connectivity index (χ4n) is 0.504. The molecule has 0 N–H and O–H groups in total. The van der Waals surface area contributed by atoms with Gasteiger partial charge in [-0.15, -0.1) is 11.3 Å². The molecule has 1 aromatic heterocycles. The predicted octanol–water partition coefficient (Wildman–Crippen LogP) is -1.05. The molecule has 56 valence electrons. The van der Waals surface area contributed by atoms with E-state index < -0.39 is 16.9 Å². The molecule has 0 radical (unpaired) electrons. The third kappa shape index (κ3) is 3.56. The number of hydrogen-bond acceptors (Lipinski definition) is 1. The molecule has 0 atom stereocenters. The van der Waals surface area contributed by atoms with Gasteiger partial charge in [0.2, 0.25) is 0 Å². The van der Waals surface area contributed by atoms with Crippen molar-refractivity contribution in [3.05, 3.63) is 17.3 Å². The molecule has 11 heavy (non-hydrogen) atoms. The van der Waals surface area contributed by atoms with E-state index in [1.807, 2.05) is 0 Å². The Kier molecular flexibility index (Phi) is 4.83. The number of thiophene rings is 1. The molecular weight excluding hydrogens is 206 g/mol. The van der Waals surface area contributed by atoms with Crippen LogP contribution in [-0.4, -0.2) is 6.98 Å². The van der Waals surface area contributed by atoms with Gasteiger partial charge in [-0.25, -0.2) is 0 Å². The Morgan fingerprint density at radius 1 is 1.18 bits per heavy atom. The summed E-state index contributed by atoms with van der Waals surface area (Å²) in [5.74, 6) is 0. The summed E-state index contributed by atoms with van der Waals surface area (Å²) in [7, 11) is 0. The van der Waals surface area contributed by atoms with Crippen molar-refractivity contribution in [3.63, 3.8) is 0 Å². The fraction of sp³-hybridized carbons (Fsp3) is 0. The average Bonchev–Trinajstić information content (AvgIpc) is 2.11. The van der Waals surface area contributed by atoms with Gasteiger partial charge in [-0.1, -0.05) is 10.8 Å². The van der Waals surface area contributed by atoms with Crippen molar-refractivity contribution in [2.24, 2.45) is 0 Å².